The first-order chi connectivity index (χ1) is 12.9. The van der Waals surface area contributed by atoms with Crippen molar-refractivity contribution in [3.05, 3.63) is 64.7 Å². The third kappa shape index (κ3) is 4.67. The lowest BCUT2D eigenvalue weighted by molar-refractivity contribution is -0.161. The van der Waals surface area contributed by atoms with Crippen LogP contribution in [0.3, 0.4) is 0 Å². The summed E-state index contributed by atoms with van der Waals surface area (Å²) in [6, 6.07) is 13.8. The maximum atomic E-state index is 12.6. The van der Waals surface area contributed by atoms with Crippen LogP contribution in [0.25, 0.3) is 0 Å². The molecule has 0 radical (unpaired) electrons. The van der Waals surface area contributed by atoms with E-state index in [4.69, 9.17) is 9.47 Å². The fourth-order valence-corrected chi connectivity index (χ4v) is 3.32. The Hall–Kier alpha value is -2.82. The van der Waals surface area contributed by atoms with Gasteiger partial charge in [0, 0.05) is 13.1 Å². The van der Waals surface area contributed by atoms with E-state index in [9.17, 15) is 9.59 Å². The fraction of sp³-hybridized carbons (Fsp3) is 0.364. The maximum Gasteiger partial charge on any atom is 0.344 e. The molecule has 3 rings (SSSR count). The zero-order chi connectivity index (χ0) is 19.4. The highest BCUT2D eigenvalue weighted by molar-refractivity contribution is 5.84. The van der Waals surface area contributed by atoms with Gasteiger partial charge in [-0.25, -0.2) is 4.79 Å². The number of aryl methyl sites for hydroxylation is 2. The molecule has 2 aromatic rings. The predicted octanol–water partition coefficient (Wildman–Crippen LogP) is 3.20. The van der Waals surface area contributed by atoms with E-state index in [1.807, 2.05) is 50.2 Å². The van der Waals surface area contributed by atoms with E-state index in [-0.39, 0.29) is 12.5 Å². The van der Waals surface area contributed by atoms with Crippen LogP contribution in [0, 0.1) is 13.8 Å². The first kappa shape index (κ1) is 19.0. The Morgan fingerprint density at radius 1 is 1.11 bits per heavy atom. The molecule has 0 spiro atoms. The Morgan fingerprint density at radius 3 is 2.59 bits per heavy atom. The van der Waals surface area contributed by atoms with E-state index in [1.165, 1.54) is 5.56 Å². The number of rotatable bonds is 5. The number of hydrogen-bond acceptors (Lipinski definition) is 4. The Balaban J connectivity index is 1.51. The van der Waals surface area contributed by atoms with Crippen molar-refractivity contribution in [3.63, 3.8) is 0 Å². The fourth-order valence-electron chi connectivity index (χ4n) is 3.32. The second-order valence-corrected chi connectivity index (χ2v) is 6.97. The number of nitrogens with zero attached hydrogens (tertiary/aromatic N) is 1. The van der Waals surface area contributed by atoms with Gasteiger partial charge in [0.05, 0.1) is 0 Å². The van der Waals surface area contributed by atoms with Gasteiger partial charge in [0.25, 0.3) is 5.91 Å². The van der Waals surface area contributed by atoms with Crippen molar-refractivity contribution < 1.29 is 19.1 Å². The minimum atomic E-state index is -0.828. The van der Waals surface area contributed by atoms with Crippen molar-refractivity contribution in [1.82, 2.24) is 4.90 Å². The van der Waals surface area contributed by atoms with Crippen molar-refractivity contribution in [2.24, 2.45) is 0 Å². The van der Waals surface area contributed by atoms with Gasteiger partial charge in [0.1, 0.15) is 5.75 Å². The number of amides is 1. The number of carbonyl (C=O) groups is 2. The number of benzene rings is 2. The molecule has 2 aromatic carbocycles. The molecule has 5 nitrogen and oxygen atoms in total. The molecule has 0 saturated carbocycles. The molecule has 1 aliphatic rings. The van der Waals surface area contributed by atoms with Gasteiger partial charge in [0.2, 0.25) is 0 Å². The largest absolute Gasteiger partial charge is 0.482 e. The molecule has 5 heteroatoms. The number of esters is 1. The molecule has 1 aliphatic heterocycles. The summed E-state index contributed by atoms with van der Waals surface area (Å²) in [5.74, 6) is -0.0817. The summed E-state index contributed by atoms with van der Waals surface area (Å²) in [7, 11) is 0. The van der Waals surface area contributed by atoms with E-state index in [2.05, 4.69) is 6.07 Å². The lowest BCUT2D eigenvalue weighted by atomic mass is 9.99. The molecule has 0 bridgehead atoms. The van der Waals surface area contributed by atoms with Crippen LogP contribution in [0.4, 0.5) is 0 Å². The Labute approximate surface area is 159 Å². The Morgan fingerprint density at radius 2 is 1.85 bits per heavy atom. The smallest absolute Gasteiger partial charge is 0.344 e. The predicted molar refractivity (Wildman–Crippen MR) is 103 cm³/mol. The van der Waals surface area contributed by atoms with Crippen LogP contribution in [-0.2, 0) is 27.3 Å². The molecule has 142 valence electrons. The summed E-state index contributed by atoms with van der Waals surface area (Å²) in [5.41, 5.74) is 4.51. The molecule has 0 fully saturated rings. The standard InChI is InChI=1S/C22H25NO4/c1-15-8-9-20(16(2)12-15)26-14-21(24)27-17(3)22(25)23-11-10-18-6-4-5-7-19(18)13-23/h4-9,12,17H,10-11,13-14H2,1-3H3/t17-/m1/s1. The van der Waals surface area contributed by atoms with Crippen LogP contribution >= 0.6 is 0 Å². The van der Waals surface area contributed by atoms with Gasteiger partial charge >= 0.3 is 5.97 Å². The molecule has 1 amide bonds. The number of carbonyl (C=O) groups excluding carboxylic acids is 2. The highest BCUT2D eigenvalue weighted by atomic mass is 16.6. The van der Waals surface area contributed by atoms with E-state index < -0.39 is 12.1 Å². The summed E-state index contributed by atoms with van der Waals surface area (Å²) in [4.78, 5) is 26.4. The molecule has 0 aromatic heterocycles. The molecule has 0 N–H and O–H groups in total. The lowest BCUT2D eigenvalue weighted by Crippen LogP contribution is -2.43. The maximum absolute atomic E-state index is 12.6. The van der Waals surface area contributed by atoms with Crippen molar-refractivity contribution in [2.75, 3.05) is 13.2 Å². The number of fused-ring (bicyclic) bond motifs is 1. The third-order valence-electron chi connectivity index (χ3n) is 4.77. The third-order valence-corrected chi connectivity index (χ3v) is 4.77. The second kappa shape index (κ2) is 8.25. The highest BCUT2D eigenvalue weighted by Gasteiger charge is 2.27. The zero-order valence-electron chi connectivity index (χ0n) is 16.0. The van der Waals surface area contributed by atoms with Crippen molar-refractivity contribution in [3.8, 4) is 5.75 Å². The van der Waals surface area contributed by atoms with E-state index >= 15 is 0 Å². The summed E-state index contributed by atoms with van der Waals surface area (Å²) >= 11 is 0. The molecular weight excluding hydrogens is 342 g/mol. The van der Waals surface area contributed by atoms with Crippen LogP contribution in [-0.4, -0.2) is 36.0 Å². The zero-order valence-corrected chi connectivity index (χ0v) is 16.0. The van der Waals surface area contributed by atoms with Gasteiger partial charge in [-0.2, -0.15) is 0 Å². The van der Waals surface area contributed by atoms with Crippen LogP contribution in [0.1, 0.15) is 29.2 Å². The van der Waals surface area contributed by atoms with Gasteiger partial charge in [-0.15, -0.1) is 0 Å². The van der Waals surface area contributed by atoms with E-state index in [0.29, 0.717) is 18.8 Å². The Kier molecular flexibility index (Phi) is 5.79. The molecule has 1 atom stereocenters. The van der Waals surface area contributed by atoms with Crippen LogP contribution in [0.2, 0.25) is 0 Å². The molecule has 0 saturated heterocycles. The molecular formula is C22H25NO4. The van der Waals surface area contributed by atoms with Crippen LogP contribution in [0.5, 0.6) is 5.75 Å². The minimum absolute atomic E-state index is 0.177. The number of hydrogen-bond donors (Lipinski definition) is 0. The summed E-state index contributed by atoms with van der Waals surface area (Å²) in [5, 5.41) is 0. The van der Waals surface area contributed by atoms with Crippen LogP contribution in [0.15, 0.2) is 42.5 Å². The highest BCUT2D eigenvalue weighted by Crippen LogP contribution is 2.20. The number of ether oxygens (including phenoxy) is 2. The normalized spacial score (nSPS) is 14.3. The summed E-state index contributed by atoms with van der Waals surface area (Å²) in [6.45, 7) is 6.50. The van der Waals surface area contributed by atoms with Gasteiger partial charge in [-0.3, -0.25) is 4.79 Å². The summed E-state index contributed by atoms with van der Waals surface area (Å²) in [6.07, 6.45) is -0.0104. The molecule has 1 heterocycles. The first-order valence-electron chi connectivity index (χ1n) is 9.19. The van der Waals surface area contributed by atoms with Crippen molar-refractivity contribution in [2.45, 2.75) is 39.8 Å². The molecule has 0 unspecified atom stereocenters. The lowest BCUT2D eigenvalue weighted by Gasteiger charge is -2.30. The Bertz CT molecular complexity index is 846. The quantitative estimate of drug-likeness (QED) is 0.762. The van der Waals surface area contributed by atoms with Gasteiger partial charge < -0.3 is 14.4 Å². The second-order valence-electron chi connectivity index (χ2n) is 6.97. The first-order valence-corrected chi connectivity index (χ1v) is 9.19. The van der Waals surface area contributed by atoms with Crippen molar-refractivity contribution >= 4 is 11.9 Å². The van der Waals surface area contributed by atoms with Crippen LogP contribution < -0.4 is 4.74 Å². The molecule has 0 aliphatic carbocycles. The topological polar surface area (TPSA) is 55.8 Å². The average molecular weight is 367 g/mol. The van der Waals surface area contributed by atoms with Gasteiger partial charge in [-0.1, -0.05) is 42.0 Å². The minimum Gasteiger partial charge on any atom is -0.482 e. The van der Waals surface area contributed by atoms with Gasteiger partial charge in [0.15, 0.2) is 12.7 Å². The monoisotopic (exact) mass is 367 g/mol. The SMILES string of the molecule is Cc1ccc(OCC(=O)O[C@H](C)C(=O)N2CCc3ccccc3C2)c(C)c1. The molecule has 27 heavy (non-hydrogen) atoms. The summed E-state index contributed by atoms with van der Waals surface area (Å²) < 4.78 is 10.8. The van der Waals surface area contributed by atoms with E-state index in [0.717, 1.165) is 23.1 Å². The van der Waals surface area contributed by atoms with Crippen molar-refractivity contribution in [1.29, 1.82) is 0 Å². The average Bonchev–Trinajstić information content (AvgIpc) is 2.66. The van der Waals surface area contributed by atoms with Gasteiger partial charge in [-0.05, 0) is 49.9 Å². The van der Waals surface area contributed by atoms with E-state index in [1.54, 1.807) is 11.8 Å².